The molecule has 0 N–H and O–H groups in total. The average Bonchev–Trinajstić information content (AvgIpc) is 1.45. The van der Waals surface area contributed by atoms with E-state index >= 15 is 0 Å². The van der Waals surface area contributed by atoms with Crippen molar-refractivity contribution in [2.75, 3.05) is 21.4 Å². The molecule has 0 radical (unpaired) electrons. The number of fused-ring (bicyclic) bond motifs is 10. The van der Waals surface area contributed by atoms with Crippen LogP contribution in [0.3, 0.4) is 0 Å². The number of hydrogen-bond donors (Lipinski definition) is 0. The van der Waals surface area contributed by atoms with Gasteiger partial charge in [-0.25, -0.2) is 4.98 Å². The molecule has 3 aliphatic heterocycles. The molecule has 1 aromatic heterocycles. The van der Waals surface area contributed by atoms with Gasteiger partial charge in [-0.05, 0) is 158 Å². The number of hydrogen-bond acceptors (Lipinski definition) is 5. The Kier molecular flexibility index (Phi) is 12.9. The molecule has 0 amide bonds. The molecule has 0 atom stereocenters. The quantitative estimate of drug-likeness (QED) is 0.142. The Balaban J connectivity index is 0.994. The van der Waals surface area contributed by atoms with Crippen molar-refractivity contribution in [3.05, 3.63) is 240 Å². The van der Waals surface area contributed by atoms with Crippen LogP contribution in [0.25, 0.3) is 33.4 Å². The smallest absolute Gasteiger partial charge is 0.185 e. The molecule has 10 aromatic rings. The van der Waals surface area contributed by atoms with Gasteiger partial charge in [0.05, 0.1) is 29.6 Å². The van der Waals surface area contributed by atoms with Gasteiger partial charge < -0.3 is 14.5 Å². The highest BCUT2D eigenvalue weighted by Gasteiger charge is 2.55. The van der Waals surface area contributed by atoms with Gasteiger partial charge in [-0.3, -0.25) is 4.90 Å². The Morgan fingerprint density at radius 3 is 1.54 bits per heavy atom. The van der Waals surface area contributed by atoms with Crippen LogP contribution in [-0.2, 0) is 27.1 Å². The molecular weight excluding hydrogens is 1100 g/mol. The molecule has 0 saturated heterocycles. The zero-order valence-electron chi connectivity index (χ0n) is 60.2. The molecule has 13 rings (SSSR count). The summed E-state index contributed by atoms with van der Waals surface area (Å²) >= 11 is 0. The molecule has 1 spiro atoms. The van der Waals surface area contributed by atoms with Gasteiger partial charge >= 0.3 is 0 Å². The van der Waals surface area contributed by atoms with Crippen molar-refractivity contribution in [1.29, 1.82) is 0 Å². The molecule has 5 nitrogen and oxygen atoms in total. The van der Waals surface area contributed by atoms with E-state index < -0.39 is 14.1 Å². The molecule has 0 aliphatic carbocycles. The highest BCUT2D eigenvalue weighted by molar-refractivity contribution is 7.23. The lowest BCUT2D eigenvalue weighted by molar-refractivity contribution is 0.482. The third-order valence-electron chi connectivity index (χ3n) is 18.8. The van der Waals surface area contributed by atoms with Gasteiger partial charge in [0.2, 0.25) is 0 Å². The minimum atomic E-state index is -3.10. The van der Waals surface area contributed by atoms with E-state index in [1.54, 1.807) is 0 Å². The van der Waals surface area contributed by atoms with E-state index in [0.29, 0.717) is 23.7 Å². The summed E-state index contributed by atoms with van der Waals surface area (Å²) in [6.45, 7) is 38.8. The second-order valence-electron chi connectivity index (χ2n) is 30.5. The summed E-state index contributed by atoms with van der Waals surface area (Å²) in [4.78, 5) is 12.2. The van der Waals surface area contributed by atoms with Gasteiger partial charge in [0.25, 0.3) is 0 Å². The molecule has 4 heterocycles. The van der Waals surface area contributed by atoms with Crippen LogP contribution in [0.5, 0.6) is 11.5 Å². The number of aromatic nitrogens is 1. The number of para-hydroxylation sites is 4. The monoisotopic (exact) mass is 1190 g/mol. The van der Waals surface area contributed by atoms with Gasteiger partial charge in [0.1, 0.15) is 24.0 Å². The van der Waals surface area contributed by atoms with Gasteiger partial charge in [0.15, 0.2) is 8.07 Å². The van der Waals surface area contributed by atoms with Crippen molar-refractivity contribution in [1.82, 2.24) is 4.98 Å². The van der Waals surface area contributed by atoms with Crippen LogP contribution >= 0.6 is 0 Å². The van der Waals surface area contributed by atoms with Crippen molar-refractivity contribution >= 4 is 68.8 Å². The summed E-state index contributed by atoms with van der Waals surface area (Å²) in [6, 6.07) is 61.2. The summed E-state index contributed by atoms with van der Waals surface area (Å²) in [5.74, 6) is 2.36. The summed E-state index contributed by atoms with van der Waals surface area (Å²) in [6.07, 6.45) is 1.96. The fourth-order valence-corrected chi connectivity index (χ4v) is 19.1. The first-order valence-corrected chi connectivity index (χ1v) is 33.8. The van der Waals surface area contributed by atoms with Crippen LogP contribution in [0.4, 0.5) is 39.9 Å². The summed E-state index contributed by atoms with van der Waals surface area (Å²) in [5, 5.41) is 5.40. The van der Waals surface area contributed by atoms with Crippen molar-refractivity contribution in [3.63, 3.8) is 0 Å². The molecule has 9 aromatic carbocycles. The highest BCUT2D eigenvalue weighted by Crippen LogP contribution is 2.52. The SMILES string of the molecule is [2H]c1c([2H])c([2H])c(-c2cccc(-c3cc(C(C)(C)C)cc(C(C)(C)C)c3)c2N2CN(c3cc(Oc4ccc5c(c4)N(c4cc(C(C)(C)C)ccn4)c4ccccc4[Si]54c5ccc(C(C)(C)C)cc5-c5cc(C(C)(C)C)ccc54)cc(C(C)C)c3)c3ccccc32)c([2H])c1[2H]. The maximum Gasteiger partial charge on any atom is 0.185 e. The Morgan fingerprint density at radius 1 is 0.427 bits per heavy atom. The van der Waals surface area contributed by atoms with Gasteiger partial charge in [0, 0.05) is 40.8 Å². The fraction of sp³-hybridized carbons (Fsp3) is 0.289. The Morgan fingerprint density at radius 2 is 0.955 bits per heavy atom. The van der Waals surface area contributed by atoms with Crippen molar-refractivity contribution in [2.24, 2.45) is 0 Å². The Bertz CT molecular complexity index is 4600. The normalized spacial score (nSPS) is 15.2. The molecule has 0 fully saturated rings. The van der Waals surface area contributed by atoms with E-state index in [1.807, 2.05) is 24.4 Å². The summed E-state index contributed by atoms with van der Waals surface area (Å²) < 4.78 is 52.8. The molecular formula is C83H88N4OSi. The van der Waals surface area contributed by atoms with Crippen LogP contribution < -0.4 is 40.2 Å². The van der Waals surface area contributed by atoms with Crippen LogP contribution in [0.2, 0.25) is 0 Å². The first-order valence-electron chi connectivity index (χ1n) is 34.3. The number of rotatable bonds is 8. The van der Waals surface area contributed by atoms with E-state index in [4.69, 9.17) is 13.8 Å². The number of nitrogens with zero attached hydrogens (tertiary/aromatic N) is 4. The average molecular weight is 1190 g/mol. The largest absolute Gasteiger partial charge is 0.457 e. The van der Waals surface area contributed by atoms with E-state index in [9.17, 15) is 2.74 Å². The second kappa shape index (κ2) is 21.4. The first kappa shape index (κ1) is 53.6. The molecule has 0 bridgehead atoms. The zero-order valence-corrected chi connectivity index (χ0v) is 56.2. The number of pyridine rings is 1. The van der Waals surface area contributed by atoms with E-state index in [0.717, 1.165) is 56.6 Å². The lowest BCUT2D eigenvalue weighted by atomic mass is 9.78. The maximum absolute atomic E-state index is 9.45. The highest BCUT2D eigenvalue weighted by atomic mass is 28.3. The van der Waals surface area contributed by atoms with Gasteiger partial charge in [-0.1, -0.05) is 257 Å². The van der Waals surface area contributed by atoms with E-state index in [1.165, 1.54) is 59.7 Å². The number of ether oxygens (including phenoxy) is 1. The minimum Gasteiger partial charge on any atom is -0.457 e. The third kappa shape index (κ3) is 10.4. The van der Waals surface area contributed by atoms with Crippen LogP contribution in [-0.4, -0.2) is 19.7 Å². The van der Waals surface area contributed by atoms with E-state index in [-0.39, 0.29) is 62.7 Å². The standard InChI is InChI=1S/C83H88N4OSi/c1-53(2)55-44-62(85-52-86(70-31-22-21-30-69(70)85)78-65(54-26-19-18-20-27-54)28-25-29-66(78)56-42-60(82(12,13)14)46-61(43-56)83(15,16)17)50-64(45-55)88-63-36-39-76-72(51-63)87(77-49-59(40-41-84-77)81(9,10)11)71-32-23-24-33-75(71)89(76)73-37-34-57(79(3,4)5)47-67(73)68-48-58(80(6,7)8)35-38-74(68)89/h18-51,53H,52H2,1-17H3/i18D,19D,20D,26D,27D. The second-order valence-corrected chi connectivity index (χ2v) is 34.1. The lowest BCUT2D eigenvalue weighted by Crippen LogP contribution is -2.75. The predicted octanol–water partition coefficient (Wildman–Crippen LogP) is 20.2. The van der Waals surface area contributed by atoms with Crippen molar-refractivity contribution < 1.29 is 11.6 Å². The Labute approximate surface area is 539 Å². The zero-order chi connectivity index (χ0) is 67.3. The van der Waals surface area contributed by atoms with Crippen LogP contribution in [0, 0.1) is 0 Å². The topological polar surface area (TPSA) is 31.8 Å². The number of benzene rings is 9. The predicted molar refractivity (Wildman–Crippen MR) is 382 cm³/mol. The number of anilines is 7. The molecule has 0 unspecified atom stereocenters. The van der Waals surface area contributed by atoms with Crippen molar-refractivity contribution in [3.8, 4) is 44.9 Å². The molecule has 3 aliphatic rings. The van der Waals surface area contributed by atoms with Gasteiger partial charge in [-0.15, -0.1) is 0 Å². The Hall–Kier alpha value is -8.45. The molecule has 450 valence electrons. The third-order valence-corrected chi connectivity index (χ3v) is 23.7. The molecule has 6 heteroatoms. The summed E-state index contributed by atoms with van der Waals surface area (Å²) in [7, 11) is -3.10. The van der Waals surface area contributed by atoms with Gasteiger partial charge in [-0.2, -0.15) is 0 Å². The van der Waals surface area contributed by atoms with Crippen molar-refractivity contribution in [2.45, 2.75) is 151 Å². The minimum absolute atomic E-state index is 0.0597. The molecule has 0 saturated carbocycles. The maximum atomic E-state index is 9.45. The lowest BCUT2D eigenvalue weighted by Gasteiger charge is -2.43. The first-order chi connectivity index (χ1) is 44.2. The fourth-order valence-electron chi connectivity index (χ4n) is 13.7. The van der Waals surface area contributed by atoms with Crippen LogP contribution in [0.15, 0.2) is 206 Å². The van der Waals surface area contributed by atoms with Crippen LogP contribution in [0.1, 0.15) is 164 Å². The van der Waals surface area contributed by atoms with E-state index in [2.05, 4.69) is 284 Å². The molecule has 89 heavy (non-hydrogen) atoms. The summed E-state index contributed by atoms with van der Waals surface area (Å²) in [5.41, 5.74) is 17.6.